The number of rotatable bonds is 5. The lowest BCUT2D eigenvalue weighted by Gasteiger charge is -2.09. The summed E-state index contributed by atoms with van der Waals surface area (Å²) < 4.78 is 11.3. The number of benzene rings is 1. The fourth-order valence-electron chi connectivity index (χ4n) is 2.33. The molecule has 0 saturated heterocycles. The highest BCUT2D eigenvalue weighted by Gasteiger charge is 2.17. The lowest BCUT2D eigenvalue weighted by atomic mass is 10.2. The number of esters is 2. The molecule has 0 fully saturated rings. The zero-order chi connectivity index (χ0) is 17.3. The highest BCUT2D eigenvalue weighted by Crippen LogP contribution is 2.19. The van der Waals surface area contributed by atoms with Crippen LogP contribution in [-0.4, -0.2) is 51.3 Å². The molecule has 126 valence electrons. The Kier molecular flexibility index (Phi) is 4.07. The smallest absolute Gasteiger partial charge is 0.338 e. The Bertz CT molecular complexity index is 913. The fraction of sp³-hybridized carbons (Fsp3) is 0.333. The zero-order valence-electron chi connectivity index (χ0n) is 13.5. The molecule has 0 bridgehead atoms. The van der Waals surface area contributed by atoms with E-state index in [0.717, 1.165) is 5.52 Å². The number of ether oxygens (including phenoxy) is 2. The SMILES string of the molecule is CCOC(=O)c1ccc2c(c1)nc1nc(NC(C)C(=O)OC)[nH]n12. The molecule has 0 radical (unpaired) electrons. The lowest BCUT2D eigenvalue weighted by molar-refractivity contribution is -0.141. The summed E-state index contributed by atoms with van der Waals surface area (Å²) in [5, 5.41) is 5.91. The number of H-pyrrole nitrogens is 1. The van der Waals surface area contributed by atoms with Crippen LogP contribution < -0.4 is 5.32 Å². The van der Waals surface area contributed by atoms with Gasteiger partial charge in [-0.3, -0.25) is 5.10 Å². The minimum atomic E-state index is -0.549. The number of anilines is 1. The highest BCUT2D eigenvalue weighted by atomic mass is 16.5. The van der Waals surface area contributed by atoms with Gasteiger partial charge in [0.25, 0.3) is 5.78 Å². The van der Waals surface area contributed by atoms with E-state index in [1.54, 1.807) is 36.6 Å². The highest BCUT2D eigenvalue weighted by molar-refractivity contribution is 5.94. The number of aromatic nitrogens is 4. The minimum absolute atomic E-state index is 0.315. The molecule has 1 unspecified atom stereocenters. The first-order chi connectivity index (χ1) is 11.5. The molecular formula is C15H17N5O4. The van der Waals surface area contributed by atoms with Gasteiger partial charge in [-0.05, 0) is 32.0 Å². The predicted molar refractivity (Wildman–Crippen MR) is 85.9 cm³/mol. The average Bonchev–Trinajstić information content (AvgIpc) is 3.10. The number of hydrogen-bond acceptors (Lipinski definition) is 7. The van der Waals surface area contributed by atoms with Crippen LogP contribution in [0.1, 0.15) is 24.2 Å². The summed E-state index contributed by atoms with van der Waals surface area (Å²) in [5.41, 5.74) is 1.80. The van der Waals surface area contributed by atoms with E-state index in [0.29, 0.717) is 29.4 Å². The third-order valence-corrected chi connectivity index (χ3v) is 3.49. The van der Waals surface area contributed by atoms with E-state index in [4.69, 9.17) is 4.74 Å². The minimum Gasteiger partial charge on any atom is -0.467 e. The van der Waals surface area contributed by atoms with E-state index in [-0.39, 0.29) is 0 Å². The van der Waals surface area contributed by atoms with E-state index >= 15 is 0 Å². The molecule has 1 atom stereocenters. The van der Waals surface area contributed by atoms with Crippen molar-refractivity contribution >= 4 is 34.7 Å². The van der Waals surface area contributed by atoms with Gasteiger partial charge in [0.15, 0.2) is 0 Å². The fourth-order valence-corrected chi connectivity index (χ4v) is 2.33. The second-order valence-corrected chi connectivity index (χ2v) is 5.13. The molecule has 9 heteroatoms. The van der Waals surface area contributed by atoms with Gasteiger partial charge in [0, 0.05) is 0 Å². The monoisotopic (exact) mass is 331 g/mol. The van der Waals surface area contributed by atoms with Crippen LogP contribution in [0, 0.1) is 0 Å². The number of imidazole rings is 1. The van der Waals surface area contributed by atoms with E-state index in [9.17, 15) is 9.59 Å². The van der Waals surface area contributed by atoms with Crippen molar-refractivity contribution in [2.75, 3.05) is 19.0 Å². The van der Waals surface area contributed by atoms with Gasteiger partial charge in [-0.1, -0.05) is 0 Å². The van der Waals surface area contributed by atoms with Gasteiger partial charge in [0.1, 0.15) is 6.04 Å². The Morgan fingerprint density at radius 2 is 2.17 bits per heavy atom. The summed E-state index contributed by atoms with van der Waals surface area (Å²) in [7, 11) is 1.32. The molecule has 9 nitrogen and oxygen atoms in total. The molecule has 3 rings (SSSR count). The molecular weight excluding hydrogens is 314 g/mol. The van der Waals surface area contributed by atoms with Crippen molar-refractivity contribution in [3.8, 4) is 0 Å². The Hall–Kier alpha value is -3.10. The van der Waals surface area contributed by atoms with Gasteiger partial charge in [-0.25, -0.2) is 19.1 Å². The lowest BCUT2D eigenvalue weighted by Crippen LogP contribution is -2.27. The molecule has 0 aliphatic carbocycles. The molecule has 2 N–H and O–H groups in total. The number of carbonyl (C=O) groups excluding carboxylic acids is 2. The number of nitrogens with zero attached hydrogens (tertiary/aromatic N) is 3. The Morgan fingerprint density at radius 1 is 1.38 bits per heavy atom. The van der Waals surface area contributed by atoms with Crippen molar-refractivity contribution in [3.05, 3.63) is 23.8 Å². The largest absolute Gasteiger partial charge is 0.467 e. The second-order valence-electron chi connectivity index (χ2n) is 5.13. The average molecular weight is 331 g/mol. The maximum absolute atomic E-state index is 11.8. The number of fused-ring (bicyclic) bond motifs is 3. The van der Waals surface area contributed by atoms with E-state index in [1.807, 2.05) is 0 Å². The van der Waals surface area contributed by atoms with Crippen LogP contribution in [0.4, 0.5) is 5.95 Å². The molecule has 1 aromatic carbocycles. The van der Waals surface area contributed by atoms with Crippen molar-refractivity contribution in [2.24, 2.45) is 0 Å². The zero-order valence-corrected chi connectivity index (χ0v) is 13.5. The summed E-state index contributed by atoms with van der Waals surface area (Å²) >= 11 is 0. The van der Waals surface area contributed by atoms with Gasteiger partial charge >= 0.3 is 11.9 Å². The molecule has 0 aliphatic heterocycles. The topological polar surface area (TPSA) is 111 Å². The van der Waals surface area contributed by atoms with Crippen LogP contribution in [-0.2, 0) is 14.3 Å². The molecule has 0 spiro atoms. The molecule has 3 aromatic rings. The van der Waals surface area contributed by atoms with E-state index < -0.39 is 18.0 Å². The van der Waals surface area contributed by atoms with Gasteiger partial charge in [0.2, 0.25) is 5.95 Å². The molecule has 2 aromatic heterocycles. The summed E-state index contributed by atoms with van der Waals surface area (Å²) in [4.78, 5) is 31.9. The first-order valence-electron chi connectivity index (χ1n) is 7.43. The van der Waals surface area contributed by atoms with Crippen LogP contribution >= 0.6 is 0 Å². The van der Waals surface area contributed by atoms with Crippen molar-refractivity contribution in [2.45, 2.75) is 19.9 Å². The third-order valence-electron chi connectivity index (χ3n) is 3.49. The van der Waals surface area contributed by atoms with Crippen LogP contribution in [0.5, 0.6) is 0 Å². The molecule has 2 heterocycles. The predicted octanol–water partition coefficient (Wildman–Crippen LogP) is 1.36. The molecule has 0 aliphatic rings. The summed E-state index contributed by atoms with van der Waals surface area (Å²) in [6, 6.07) is 4.53. The van der Waals surface area contributed by atoms with Crippen molar-refractivity contribution in [1.29, 1.82) is 0 Å². The number of nitrogens with one attached hydrogen (secondary N) is 2. The molecule has 24 heavy (non-hydrogen) atoms. The maximum atomic E-state index is 11.8. The molecule has 0 saturated carbocycles. The second kappa shape index (κ2) is 6.19. The first-order valence-corrected chi connectivity index (χ1v) is 7.43. The summed E-state index contributed by atoms with van der Waals surface area (Å²) in [6.07, 6.45) is 0. The number of carbonyl (C=O) groups is 2. The number of methoxy groups -OCH3 is 1. The maximum Gasteiger partial charge on any atom is 0.338 e. The van der Waals surface area contributed by atoms with Crippen molar-refractivity contribution in [3.63, 3.8) is 0 Å². The van der Waals surface area contributed by atoms with Gasteiger partial charge in [0.05, 0.1) is 30.3 Å². The number of aromatic amines is 1. The normalized spacial score (nSPS) is 12.3. The summed E-state index contributed by atoms with van der Waals surface area (Å²) in [5.74, 6) is 0.0311. The van der Waals surface area contributed by atoms with Gasteiger partial charge < -0.3 is 14.8 Å². The standard InChI is InChI=1S/C15H17N5O4/c1-4-24-13(22)9-5-6-11-10(7-9)17-15-18-14(19-20(11)15)16-8(2)12(21)23-3/h5-8H,4H2,1-3H3,(H2,16,17,18,19). The third kappa shape index (κ3) is 2.75. The van der Waals surface area contributed by atoms with Crippen molar-refractivity contribution < 1.29 is 19.1 Å². The Balaban J connectivity index is 1.92. The number of hydrogen-bond donors (Lipinski definition) is 2. The summed E-state index contributed by atoms with van der Waals surface area (Å²) in [6.45, 7) is 3.74. The Morgan fingerprint density at radius 3 is 2.88 bits per heavy atom. The quantitative estimate of drug-likeness (QED) is 0.679. The van der Waals surface area contributed by atoms with Crippen LogP contribution in [0.15, 0.2) is 18.2 Å². The van der Waals surface area contributed by atoms with Gasteiger partial charge in [-0.15, -0.1) is 0 Å². The first kappa shape index (κ1) is 15.8. The Labute approximate surface area is 137 Å². The van der Waals surface area contributed by atoms with E-state index in [2.05, 4.69) is 25.1 Å². The van der Waals surface area contributed by atoms with E-state index in [1.165, 1.54) is 7.11 Å². The van der Waals surface area contributed by atoms with Crippen LogP contribution in [0.3, 0.4) is 0 Å². The van der Waals surface area contributed by atoms with Crippen LogP contribution in [0.2, 0.25) is 0 Å². The van der Waals surface area contributed by atoms with Crippen LogP contribution in [0.25, 0.3) is 16.8 Å². The van der Waals surface area contributed by atoms with Crippen molar-refractivity contribution in [1.82, 2.24) is 19.6 Å². The molecule has 0 amide bonds. The van der Waals surface area contributed by atoms with Gasteiger partial charge in [-0.2, -0.15) is 4.98 Å².